The fourth-order valence-corrected chi connectivity index (χ4v) is 6.24. The average Bonchev–Trinajstić information content (AvgIpc) is 3.41. The van der Waals surface area contributed by atoms with Crippen LogP contribution < -0.4 is 4.74 Å². The van der Waals surface area contributed by atoms with Crippen LogP contribution in [-0.4, -0.2) is 47.6 Å². The van der Waals surface area contributed by atoms with Gasteiger partial charge in [0.05, 0.1) is 47.3 Å². The maximum Gasteiger partial charge on any atom is 0.265 e. The summed E-state index contributed by atoms with van der Waals surface area (Å²) in [4.78, 5) is 26.8. The Labute approximate surface area is 183 Å². The summed E-state index contributed by atoms with van der Waals surface area (Å²) < 4.78 is 11.6. The van der Waals surface area contributed by atoms with Crippen LogP contribution in [0.2, 0.25) is 0 Å². The molecule has 5 rings (SSSR count). The average molecular weight is 442 g/mol. The number of methoxy groups -OCH3 is 1. The number of ether oxygens (including phenoxy) is 2. The molecule has 0 radical (unpaired) electrons. The number of carbonyl (C=O) groups excluding carboxylic acids is 1. The number of hydrogen-bond acceptors (Lipinski definition) is 7. The number of fused-ring (bicyclic) bond motifs is 2. The van der Waals surface area contributed by atoms with Crippen molar-refractivity contribution in [3.8, 4) is 16.3 Å². The zero-order chi connectivity index (χ0) is 20.7. The van der Waals surface area contributed by atoms with E-state index in [1.165, 1.54) is 21.8 Å². The molecule has 0 aromatic carbocycles. The lowest BCUT2D eigenvalue weighted by atomic mass is 9.82. The molecule has 1 saturated heterocycles. The van der Waals surface area contributed by atoms with Crippen LogP contribution in [0.25, 0.3) is 10.6 Å². The molecule has 156 valence electrons. The summed E-state index contributed by atoms with van der Waals surface area (Å²) >= 11 is 3.27. The molecule has 1 amide bonds. The Bertz CT molecular complexity index is 1070. The first-order valence-electron chi connectivity index (χ1n) is 10.1. The van der Waals surface area contributed by atoms with Gasteiger partial charge in [0.1, 0.15) is 10.6 Å². The highest BCUT2D eigenvalue weighted by Gasteiger charge is 2.43. The molecule has 0 atom stereocenters. The summed E-state index contributed by atoms with van der Waals surface area (Å²) in [6.07, 6.45) is 6.01. The Morgan fingerprint density at radius 2 is 2.03 bits per heavy atom. The molecule has 30 heavy (non-hydrogen) atoms. The lowest BCUT2D eigenvalue weighted by Gasteiger charge is -2.44. The minimum absolute atomic E-state index is 0.0833. The molecule has 6 nitrogen and oxygen atoms in total. The van der Waals surface area contributed by atoms with Gasteiger partial charge in [-0.15, -0.1) is 22.7 Å². The molecule has 3 aromatic heterocycles. The number of thiophene rings is 1. The van der Waals surface area contributed by atoms with Crippen LogP contribution in [0, 0.1) is 6.92 Å². The number of aryl methyl sites for hydroxylation is 1. The summed E-state index contributed by atoms with van der Waals surface area (Å²) in [5.74, 6) is 0.841. The number of piperidine rings is 1. The first-order valence-corrected chi connectivity index (χ1v) is 11.7. The molecule has 2 aliphatic rings. The van der Waals surface area contributed by atoms with Crippen molar-refractivity contribution in [2.45, 2.75) is 31.8 Å². The van der Waals surface area contributed by atoms with Crippen LogP contribution >= 0.6 is 22.7 Å². The molecule has 1 spiro atoms. The van der Waals surface area contributed by atoms with Crippen molar-refractivity contribution >= 4 is 28.6 Å². The van der Waals surface area contributed by atoms with Crippen molar-refractivity contribution in [1.29, 1.82) is 0 Å². The largest absolute Gasteiger partial charge is 0.495 e. The second kappa shape index (κ2) is 7.76. The van der Waals surface area contributed by atoms with Crippen molar-refractivity contribution in [1.82, 2.24) is 14.9 Å². The molecule has 1 fully saturated rings. The van der Waals surface area contributed by atoms with E-state index < -0.39 is 0 Å². The van der Waals surface area contributed by atoms with E-state index in [9.17, 15) is 4.79 Å². The molecule has 0 N–H and O–H groups in total. The molecule has 0 bridgehead atoms. The fourth-order valence-electron chi connectivity index (χ4n) is 4.29. The van der Waals surface area contributed by atoms with Crippen LogP contribution in [-0.2, 0) is 16.8 Å². The third-order valence-corrected chi connectivity index (χ3v) is 8.04. The predicted molar refractivity (Wildman–Crippen MR) is 117 cm³/mol. The highest BCUT2D eigenvalue weighted by molar-refractivity contribution is 7.15. The van der Waals surface area contributed by atoms with Crippen molar-refractivity contribution in [2.75, 3.05) is 26.8 Å². The van der Waals surface area contributed by atoms with Crippen LogP contribution in [0.1, 0.15) is 38.0 Å². The van der Waals surface area contributed by atoms with Crippen molar-refractivity contribution in [3.63, 3.8) is 0 Å². The van der Waals surface area contributed by atoms with Gasteiger partial charge in [-0.1, -0.05) is 0 Å². The normalized spacial score (nSPS) is 17.7. The summed E-state index contributed by atoms with van der Waals surface area (Å²) in [6, 6.07) is 6.19. The summed E-state index contributed by atoms with van der Waals surface area (Å²) in [7, 11) is 1.65. The zero-order valence-corrected chi connectivity index (χ0v) is 18.6. The van der Waals surface area contributed by atoms with Crippen LogP contribution in [0.3, 0.4) is 0 Å². The topological polar surface area (TPSA) is 64.6 Å². The number of nitrogens with zero attached hydrogens (tertiary/aromatic N) is 3. The lowest BCUT2D eigenvalue weighted by molar-refractivity contribution is -0.0926. The predicted octanol–water partition coefficient (Wildman–Crippen LogP) is 4.29. The smallest absolute Gasteiger partial charge is 0.265 e. The number of rotatable bonds is 3. The van der Waals surface area contributed by atoms with Gasteiger partial charge in [0.25, 0.3) is 5.91 Å². The Morgan fingerprint density at radius 3 is 2.70 bits per heavy atom. The molecule has 0 aliphatic carbocycles. The van der Waals surface area contributed by atoms with Gasteiger partial charge in [0.15, 0.2) is 0 Å². The van der Waals surface area contributed by atoms with E-state index in [-0.39, 0.29) is 11.5 Å². The molecule has 0 saturated carbocycles. The van der Waals surface area contributed by atoms with Gasteiger partial charge in [-0.25, -0.2) is 4.98 Å². The van der Waals surface area contributed by atoms with E-state index in [0.717, 1.165) is 52.1 Å². The van der Waals surface area contributed by atoms with Crippen molar-refractivity contribution in [2.24, 2.45) is 0 Å². The minimum Gasteiger partial charge on any atom is -0.495 e. The van der Waals surface area contributed by atoms with Gasteiger partial charge in [-0.3, -0.25) is 9.78 Å². The van der Waals surface area contributed by atoms with Crippen molar-refractivity contribution < 1.29 is 14.3 Å². The summed E-state index contributed by atoms with van der Waals surface area (Å²) in [5.41, 5.74) is 1.94. The van der Waals surface area contributed by atoms with Gasteiger partial charge in [-0.05, 0) is 43.5 Å². The molecule has 0 unspecified atom stereocenters. The van der Waals surface area contributed by atoms with E-state index in [1.54, 1.807) is 30.8 Å². The SMILES string of the molecule is COc1ccc(-c2cc3c(s2)CCOC32CCN(C(=O)c3cnc(C)s3)CC2)nc1. The quantitative estimate of drug-likeness (QED) is 0.607. The van der Waals surface area contributed by atoms with Gasteiger partial charge < -0.3 is 14.4 Å². The van der Waals surface area contributed by atoms with E-state index in [1.807, 2.05) is 24.0 Å². The van der Waals surface area contributed by atoms with E-state index in [2.05, 4.69) is 16.0 Å². The molecule has 8 heteroatoms. The van der Waals surface area contributed by atoms with Gasteiger partial charge in [0, 0.05) is 24.4 Å². The van der Waals surface area contributed by atoms with Crippen LogP contribution in [0.5, 0.6) is 5.75 Å². The van der Waals surface area contributed by atoms with Gasteiger partial charge in [-0.2, -0.15) is 0 Å². The Kier molecular flexibility index (Phi) is 5.08. The summed E-state index contributed by atoms with van der Waals surface area (Å²) in [5, 5.41) is 0.921. The summed E-state index contributed by atoms with van der Waals surface area (Å²) in [6.45, 7) is 4.04. The number of likely N-dealkylation sites (tertiary alicyclic amines) is 1. The number of amides is 1. The minimum atomic E-state index is -0.296. The highest BCUT2D eigenvalue weighted by atomic mass is 32.1. The van der Waals surface area contributed by atoms with E-state index >= 15 is 0 Å². The van der Waals surface area contributed by atoms with E-state index in [0.29, 0.717) is 13.1 Å². The Morgan fingerprint density at radius 1 is 1.20 bits per heavy atom. The van der Waals surface area contributed by atoms with Gasteiger partial charge in [0.2, 0.25) is 0 Å². The highest BCUT2D eigenvalue weighted by Crippen LogP contribution is 2.46. The number of carbonyl (C=O) groups is 1. The van der Waals surface area contributed by atoms with Crippen LogP contribution in [0.15, 0.2) is 30.6 Å². The monoisotopic (exact) mass is 441 g/mol. The Balaban J connectivity index is 1.37. The number of thiazole rings is 1. The first kappa shape index (κ1) is 19.7. The van der Waals surface area contributed by atoms with Gasteiger partial charge >= 0.3 is 0 Å². The first-order chi connectivity index (χ1) is 14.6. The van der Waals surface area contributed by atoms with Crippen LogP contribution in [0.4, 0.5) is 0 Å². The number of pyridine rings is 1. The standard InChI is InChI=1S/C22H23N3O3S2/c1-14-23-13-20(29-14)21(26)25-8-6-22(7-9-25)16-11-19(30-18(16)5-10-28-22)17-4-3-15(27-2)12-24-17/h3-4,11-13H,5-10H2,1-2H3. The lowest BCUT2D eigenvalue weighted by Crippen LogP contribution is -2.47. The molecular formula is C22H23N3O3S2. The van der Waals surface area contributed by atoms with E-state index in [4.69, 9.17) is 9.47 Å². The third-order valence-electron chi connectivity index (χ3n) is 5.92. The molecule has 2 aliphatic heterocycles. The number of hydrogen-bond donors (Lipinski definition) is 0. The molecule has 3 aromatic rings. The third kappa shape index (κ3) is 3.42. The fraction of sp³-hybridized carbons (Fsp3) is 0.409. The number of aromatic nitrogens is 2. The molecule has 5 heterocycles. The second-order valence-corrected chi connectivity index (χ2v) is 10.0. The molecular weight excluding hydrogens is 418 g/mol. The zero-order valence-electron chi connectivity index (χ0n) is 17.0. The van der Waals surface area contributed by atoms with Crippen molar-refractivity contribution in [3.05, 3.63) is 50.9 Å². The Hall–Kier alpha value is -2.29. The maximum absolute atomic E-state index is 12.8. The second-order valence-electron chi connectivity index (χ2n) is 7.66. The maximum atomic E-state index is 12.8.